The summed E-state index contributed by atoms with van der Waals surface area (Å²) in [5, 5.41) is 0. The molecule has 0 radical (unpaired) electrons. The minimum atomic E-state index is -2.65. The van der Waals surface area contributed by atoms with Gasteiger partial charge in [-0.2, -0.15) is 0 Å². The Labute approximate surface area is 82.3 Å². The van der Waals surface area contributed by atoms with Gasteiger partial charge < -0.3 is 11.5 Å². The number of nitrogen functional groups attached to an aromatic ring is 1. The lowest BCUT2D eigenvalue weighted by Gasteiger charge is -2.07. The topological polar surface area (TPSA) is 64.9 Å². The second kappa shape index (κ2) is 3.97. The van der Waals surface area contributed by atoms with Crippen LogP contribution in [0.5, 0.6) is 0 Å². The van der Waals surface area contributed by atoms with Gasteiger partial charge >= 0.3 is 0 Å². The molecule has 0 aliphatic carbocycles. The molecule has 3 nitrogen and oxygen atoms in total. The van der Waals surface area contributed by atoms with Gasteiger partial charge in [0.05, 0.1) is 0 Å². The number of hydrogen-bond donors (Lipinski definition) is 2. The molecule has 1 heterocycles. The molecule has 0 fully saturated rings. The van der Waals surface area contributed by atoms with Crippen molar-refractivity contribution in [1.29, 1.82) is 0 Å². The second-order valence-electron chi connectivity index (χ2n) is 2.41. The maximum atomic E-state index is 12.3. The van der Waals surface area contributed by atoms with Gasteiger partial charge in [0.2, 0.25) is 0 Å². The van der Waals surface area contributed by atoms with Crippen molar-refractivity contribution in [3.63, 3.8) is 0 Å². The third-order valence-corrected chi connectivity index (χ3v) is 2.42. The Balaban J connectivity index is 3.27. The lowest BCUT2D eigenvalue weighted by molar-refractivity contribution is 0.145. The maximum Gasteiger partial charge on any atom is 0.281 e. The molecule has 0 bridgehead atoms. The fourth-order valence-corrected chi connectivity index (χ4v) is 1.46. The number of nitrogens with zero attached hydrogens (tertiary/aromatic N) is 1. The fourth-order valence-electron chi connectivity index (χ4n) is 0.920. The van der Waals surface area contributed by atoms with Crippen molar-refractivity contribution in [2.24, 2.45) is 5.73 Å². The molecule has 4 N–H and O–H groups in total. The van der Waals surface area contributed by atoms with E-state index < -0.39 is 6.43 Å². The molecule has 0 aliphatic heterocycles. The summed E-state index contributed by atoms with van der Waals surface area (Å²) in [5.41, 5.74) is 10.8. The van der Waals surface area contributed by atoms with Crippen molar-refractivity contribution in [3.05, 3.63) is 21.8 Å². The number of pyridine rings is 1. The summed E-state index contributed by atoms with van der Waals surface area (Å²) in [6.45, 7) is 0.146. The third-order valence-electron chi connectivity index (χ3n) is 1.51. The predicted octanol–water partition coefficient (Wildman–Crippen LogP) is 1.82. The smallest absolute Gasteiger partial charge is 0.281 e. The lowest BCUT2D eigenvalue weighted by Crippen LogP contribution is -2.05. The highest BCUT2D eigenvalue weighted by Gasteiger charge is 2.16. The normalized spacial score (nSPS) is 10.8. The number of nitrogens with two attached hydrogens (primary N) is 2. The van der Waals surface area contributed by atoms with Crippen LogP contribution in [0.1, 0.15) is 17.7 Å². The van der Waals surface area contributed by atoms with E-state index in [0.717, 1.165) is 0 Å². The van der Waals surface area contributed by atoms with Crippen molar-refractivity contribution in [3.8, 4) is 0 Å². The molecule has 0 aromatic carbocycles. The van der Waals surface area contributed by atoms with Crippen LogP contribution < -0.4 is 11.5 Å². The van der Waals surface area contributed by atoms with Crippen LogP contribution in [0.3, 0.4) is 0 Å². The van der Waals surface area contributed by atoms with Crippen LogP contribution >= 0.6 is 15.9 Å². The molecule has 0 unspecified atom stereocenters. The van der Waals surface area contributed by atoms with Crippen LogP contribution in [0.15, 0.2) is 10.5 Å². The number of alkyl halides is 2. The van der Waals surface area contributed by atoms with Crippen LogP contribution in [0.4, 0.5) is 14.6 Å². The Morgan fingerprint density at radius 3 is 2.62 bits per heavy atom. The van der Waals surface area contributed by atoms with E-state index >= 15 is 0 Å². The maximum absolute atomic E-state index is 12.3. The van der Waals surface area contributed by atoms with E-state index in [2.05, 4.69) is 20.9 Å². The molecule has 0 atom stereocenters. The molecule has 72 valence electrons. The molecule has 0 aliphatic rings. The molecular formula is C7H8BrF2N3. The molecule has 1 aromatic heterocycles. The predicted molar refractivity (Wildman–Crippen MR) is 49.2 cm³/mol. The third kappa shape index (κ3) is 2.13. The minimum absolute atomic E-state index is 0.0546. The fraction of sp³-hybridized carbons (Fsp3) is 0.286. The lowest BCUT2D eigenvalue weighted by atomic mass is 10.2. The summed E-state index contributed by atoms with van der Waals surface area (Å²) in [7, 11) is 0. The van der Waals surface area contributed by atoms with Crippen molar-refractivity contribution in [2.45, 2.75) is 13.0 Å². The number of halogens is 3. The van der Waals surface area contributed by atoms with E-state index in [0.29, 0.717) is 5.56 Å². The molecular weight excluding hydrogens is 244 g/mol. The SMILES string of the molecule is NCc1cc(N)nc(C(F)F)c1Br. The van der Waals surface area contributed by atoms with Crippen molar-refractivity contribution in [2.75, 3.05) is 5.73 Å². The zero-order valence-corrected chi connectivity index (χ0v) is 8.18. The summed E-state index contributed by atoms with van der Waals surface area (Å²) in [5.74, 6) is 0.0546. The summed E-state index contributed by atoms with van der Waals surface area (Å²) >= 11 is 3.00. The van der Waals surface area contributed by atoms with E-state index in [4.69, 9.17) is 11.5 Å². The Kier molecular flexibility index (Phi) is 3.16. The highest BCUT2D eigenvalue weighted by Crippen LogP contribution is 2.29. The zero-order valence-electron chi connectivity index (χ0n) is 6.60. The van der Waals surface area contributed by atoms with Crippen molar-refractivity contribution < 1.29 is 8.78 Å². The second-order valence-corrected chi connectivity index (χ2v) is 3.20. The van der Waals surface area contributed by atoms with E-state index in [-0.39, 0.29) is 22.5 Å². The summed E-state index contributed by atoms with van der Waals surface area (Å²) < 4.78 is 24.9. The number of hydrogen-bond acceptors (Lipinski definition) is 3. The highest BCUT2D eigenvalue weighted by molar-refractivity contribution is 9.10. The van der Waals surface area contributed by atoms with Gasteiger partial charge in [-0.1, -0.05) is 0 Å². The standard InChI is InChI=1S/C7H8BrF2N3/c8-5-3(2-11)1-4(12)13-6(5)7(9)10/h1,7H,2,11H2,(H2,12,13). The Morgan fingerprint density at radius 1 is 1.54 bits per heavy atom. The summed E-state index contributed by atoms with van der Waals surface area (Å²) in [4.78, 5) is 3.51. The minimum Gasteiger partial charge on any atom is -0.384 e. The van der Waals surface area contributed by atoms with E-state index in [9.17, 15) is 8.78 Å². The largest absolute Gasteiger partial charge is 0.384 e. The number of rotatable bonds is 2. The average molecular weight is 252 g/mol. The molecule has 0 spiro atoms. The zero-order chi connectivity index (χ0) is 10.0. The molecule has 0 amide bonds. The van der Waals surface area contributed by atoms with Gasteiger partial charge in [0.1, 0.15) is 11.5 Å². The first-order valence-electron chi connectivity index (χ1n) is 3.49. The summed E-state index contributed by atoms with van der Waals surface area (Å²) in [6.07, 6.45) is -2.65. The van der Waals surface area contributed by atoms with Gasteiger partial charge in [-0.25, -0.2) is 13.8 Å². The van der Waals surface area contributed by atoms with Gasteiger partial charge in [0, 0.05) is 11.0 Å². The molecule has 0 saturated carbocycles. The van der Waals surface area contributed by atoms with Crippen LogP contribution in [-0.2, 0) is 6.54 Å². The van der Waals surface area contributed by atoms with Crippen LogP contribution in [-0.4, -0.2) is 4.98 Å². The molecule has 1 rings (SSSR count). The van der Waals surface area contributed by atoms with Gasteiger partial charge in [-0.3, -0.25) is 0 Å². The molecule has 1 aromatic rings. The van der Waals surface area contributed by atoms with E-state index in [1.807, 2.05) is 0 Å². The summed E-state index contributed by atoms with van der Waals surface area (Å²) in [6, 6.07) is 1.47. The Morgan fingerprint density at radius 2 is 2.15 bits per heavy atom. The van der Waals surface area contributed by atoms with Crippen molar-refractivity contribution in [1.82, 2.24) is 4.98 Å². The Hall–Kier alpha value is -0.750. The highest BCUT2D eigenvalue weighted by atomic mass is 79.9. The van der Waals surface area contributed by atoms with Gasteiger partial charge in [0.25, 0.3) is 6.43 Å². The first-order chi connectivity index (χ1) is 6.06. The molecule has 13 heavy (non-hydrogen) atoms. The van der Waals surface area contributed by atoms with Crippen molar-refractivity contribution >= 4 is 21.7 Å². The van der Waals surface area contributed by atoms with Gasteiger partial charge in [-0.15, -0.1) is 0 Å². The molecule has 0 saturated heterocycles. The van der Waals surface area contributed by atoms with Crippen LogP contribution in [0.25, 0.3) is 0 Å². The monoisotopic (exact) mass is 251 g/mol. The Bertz CT molecular complexity index is 317. The first-order valence-corrected chi connectivity index (χ1v) is 4.28. The average Bonchev–Trinajstić information content (AvgIpc) is 2.08. The van der Waals surface area contributed by atoms with E-state index in [1.54, 1.807) is 0 Å². The van der Waals surface area contributed by atoms with Gasteiger partial charge in [-0.05, 0) is 27.6 Å². The van der Waals surface area contributed by atoms with Crippen LogP contribution in [0.2, 0.25) is 0 Å². The number of aromatic nitrogens is 1. The number of anilines is 1. The van der Waals surface area contributed by atoms with Crippen LogP contribution in [0, 0.1) is 0 Å². The molecule has 6 heteroatoms. The van der Waals surface area contributed by atoms with Gasteiger partial charge in [0.15, 0.2) is 0 Å². The quantitative estimate of drug-likeness (QED) is 0.843. The van der Waals surface area contributed by atoms with E-state index in [1.165, 1.54) is 6.07 Å². The first kappa shape index (κ1) is 10.3.